The van der Waals surface area contributed by atoms with E-state index in [9.17, 15) is 4.79 Å². The third-order valence-corrected chi connectivity index (χ3v) is 2.86. The number of nitrogens with zero attached hydrogens (tertiary/aromatic N) is 1. The molecule has 0 saturated carbocycles. The molecule has 1 aliphatic heterocycles. The van der Waals surface area contributed by atoms with Crippen LogP contribution in [-0.2, 0) is 9.53 Å². The second-order valence-corrected chi connectivity index (χ2v) is 3.45. The fourth-order valence-corrected chi connectivity index (χ4v) is 1.74. The fourth-order valence-electron chi connectivity index (χ4n) is 1.74. The van der Waals surface area contributed by atoms with E-state index in [0.717, 1.165) is 25.9 Å². The molecule has 4 nitrogen and oxygen atoms in total. The maximum absolute atomic E-state index is 11.1. The molecule has 0 bridgehead atoms. The zero-order valence-electron chi connectivity index (χ0n) is 8.59. The van der Waals surface area contributed by atoms with Crippen LogP contribution in [0.4, 0.5) is 0 Å². The van der Waals surface area contributed by atoms with E-state index in [-0.39, 0.29) is 11.6 Å². The first-order chi connectivity index (χ1) is 6.13. The van der Waals surface area contributed by atoms with Crippen molar-refractivity contribution >= 4 is 5.91 Å². The largest absolute Gasteiger partial charge is 0.364 e. The third-order valence-electron chi connectivity index (χ3n) is 2.86. The lowest BCUT2D eigenvalue weighted by molar-refractivity contribution is -0.136. The van der Waals surface area contributed by atoms with Crippen LogP contribution in [0.3, 0.4) is 0 Å². The standard InChI is InChI=1S/C9H18N2O2/c1-8(12)11-6-4-9(10-2,13-3)5-7-11/h10H,4-7H2,1-3H3. The first kappa shape index (κ1) is 10.5. The summed E-state index contributed by atoms with van der Waals surface area (Å²) in [7, 11) is 3.60. The summed E-state index contributed by atoms with van der Waals surface area (Å²) in [6.45, 7) is 3.17. The Morgan fingerprint density at radius 2 is 2.00 bits per heavy atom. The fraction of sp³-hybridized carbons (Fsp3) is 0.889. The molecule has 0 aromatic heterocycles. The van der Waals surface area contributed by atoms with E-state index < -0.39 is 0 Å². The minimum Gasteiger partial charge on any atom is -0.364 e. The average Bonchev–Trinajstić information content (AvgIpc) is 2.18. The van der Waals surface area contributed by atoms with Crippen LogP contribution in [0.2, 0.25) is 0 Å². The Morgan fingerprint density at radius 1 is 1.46 bits per heavy atom. The first-order valence-corrected chi connectivity index (χ1v) is 4.63. The number of carbonyl (C=O) groups is 1. The van der Waals surface area contributed by atoms with E-state index in [1.807, 2.05) is 11.9 Å². The van der Waals surface area contributed by atoms with Gasteiger partial charge in [-0.2, -0.15) is 0 Å². The van der Waals surface area contributed by atoms with Gasteiger partial charge in [0.05, 0.1) is 0 Å². The topological polar surface area (TPSA) is 41.6 Å². The van der Waals surface area contributed by atoms with Crippen molar-refractivity contribution in [2.75, 3.05) is 27.2 Å². The van der Waals surface area contributed by atoms with Gasteiger partial charge in [0, 0.05) is 40.0 Å². The molecule has 0 aliphatic carbocycles. The van der Waals surface area contributed by atoms with Gasteiger partial charge in [-0.25, -0.2) is 0 Å². The van der Waals surface area contributed by atoms with Gasteiger partial charge in [-0.05, 0) is 7.05 Å². The lowest BCUT2D eigenvalue weighted by atomic mass is 10.0. The van der Waals surface area contributed by atoms with Gasteiger partial charge in [-0.15, -0.1) is 0 Å². The van der Waals surface area contributed by atoms with Crippen molar-refractivity contribution in [2.24, 2.45) is 0 Å². The monoisotopic (exact) mass is 186 g/mol. The van der Waals surface area contributed by atoms with Crippen LogP contribution in [0.5, 0.6) is 0 Å². The van der Waals surface area contributed by atoms with E-state index in [2.05, 4.69) is 5.32 Å². The van der Waals surface area contributed by atoms with E-state index in [4.69, 9.17) is 4.74 Å². The van der Waals surface area contributed by atoms with Gasteiger partial charge in [-0.1, -0.05) is 0 Å². The molecule has 0 unspecified atom stereocenters. The molecule has 0 radical (unpaired) electrons. The van der Waals surface area contributed by atoms with Gasteiger partial charge in [0.1, 0.15) is 5.72 Å². The summed E-state index contributed by atoms with van der Waals surface area (Å²) in [4.78, 5) is 12.9. The molecule has 1 aliphatic rings. The highest BCUT2D eigenvalue weighted by Gasteiger charge is 2.33. The molecule has 13 heavy (non-hydrogen) atoms. The van der Waals surface area contributed by atoms with Crippen molar-refractivity contribution < 1.29 is 9.53 Å². The Hall–Kier alpha value is -0.610. The average molecular weight is 186 g/mol. The Labute approximate surface area is 79.2 Å². The summed E-state index contributed by atoms with van der Waals surface area (Å²) < 4.78 is 5.41. The number of hydrogen-bond donors (Lipinski definition) is 1. The molecule has 1 rings (SSSR count). The number of amides is 1. The molecule has 0 aromatic rings. The number of carbonyl (C=O) groups excluding carboxylic acids is 1. The predicted molar refractivity (Wildman–Crippen MR) is 50.3 cm³/mol. The van der Waals surface area contributed by atoms with E-state index in [0.29, 0.717) is 0 Å². The Bertz CT molecular complexity index is 180. The molecule has 4 heteroatoms. The third kappa shape index (κ3) is 2.19. The maximum atomic E-state index is 11.1. The summed E-state index contributed by atoms with van der Waals surface area (Å²) in [5.41, 5.74) is -0.216. The van der Waals surface area contributed by atoms with E-state index in [1.54, 1.807) is 14.0 Å². The first-order valence-electron chi connectivity index (χ1n) is 4.63. The smallest absolute Gasteiger partial charge is 0.219 e. The highest BCUT2D eigenvalue weighted by Crippen LogP contribution is 2.22. The molecule has 1 saturated heterocycles. The van der Waals surface area contributed by atoms with Gasteiger partial charge in [0.15, 0.2) is 0 Å². The molecule has 0 atom stereocenters. The lowest BCUT2D eigenvalue weighted by Gasteiger charge is -2.40. The van der Waals surface area contributed by atoms with Crippen molar-refractivity contribution in [3.63, 3.8) is 0 Å². The molecular formula is C9H18N2O2. The quantitative estimate of drug-likeness (QED) is 0.626. The minimum absolute atomic E-state index is 0.154. The number of ether oxygens (including phenoxy) is 1. The van der Waals surface area contributed by atoms with Crippen LogP contribution < -0.4 is 5.32 Å². The predicted octanol–water partition coefficient (Wildman–Crippen LogP) is 0.191. The van der Waals surface area contributed by atoms with Crippen LogP contribution in [-0.4, -0.2) is 43.8 Å². The van der Waals surface area contributed by atoms with Crippen LogP contribution in [0.15, 0.2) is 0 Å². The number of methoxy groups -OCH3 is 1. The molecular weight excluding hydrogens is 168 g/mol. The van der Waals surface area contributed by atoms with Crippen molar-refractivity contribution in [3.05, 3.63) is 0 Å². The molecule has 1 heterocycles. The summed E-state index contributed by atoms with van der Waals surface area (Å²) >= 11 is 0. The maximum Gasteiger partial charge on any atom is 0.219 e. The molecule has 1 N–H and O–H groups in total. The summed E-state index contributed by atoms with van der Waals surface area (Å²) in [5.74, 6) is 0.154. The zero-order valence-corrected chi connectivity index (χ0v) is 8.59. The number of nitrogens with one attached hydrogen (secondary N) is 1. The van der Waals surface area contributed by atoms with Crippen LogP contribution >= 0.6 is 0 Å². The van der Waals surface area contributed by atoms with Crippen molar-refractivity contribution in [1.82, 2.24) is 10.2 Å². The molecule has 0 spiro atoms. The minimum atomic E-state index is -0.216. The summed E-state index contributed by atoms with van der Waals surface area (Å²) in [6.07, 6.45) is 1.72. The van der Waals surface area contributed by atoms with Gasteiger partial charge >= 0.3 is 0 Å². The lowest BCUT2D eigenvalue weighted by Crippen LogP contribution is -2.54. The van der Waals surface area contributed by atoms with Gasteiger partial charge in [-0.3, -0.25) is 10.1 Å². The number of piperidine rings is 1. The highest BCUT2D eigenvalue weighted by atomic mass is 16.5. The normalized spacial score (nSPS) is 21.6. The Morgan fingerprint density at radius 3 is 2.31 bits per heavy atom. The van der Waals surface area contributed by atoms with Gasteiger partial charge in [0.2, 0.25) is 5.91 Å². The second-order valence-electron chi connectivity index (χ2n) is 3.45. The van der Waals surface area contributed by atoms with E-state index in [1.165, 1.54) is 0 Å². The Balaban J connectivity index is 2.50. The highest BCUT2D eigenvalue weighted by molar-refractivity contribution is 5.73. The van der Waals surface area contributed by atoms with Crippen LogP contribution in [0.25, 0.3) is 0 Å². The molecule has 1 fully saturated rings. The SMILES string of the molecule is CNC1(OC)CCN(C(C)=O)CC1. The molecule has 76 valence electrons. The zero-order chi connectivity index (χ0) is 9.90. The van der Waals surface area contributed by atoms with Crippen molar-refractivity contribution in [2.45, 2.75) is 25.5 Å². The Kier molecular flexibility index (Phi) is 3.27. The summed E-state index contributed by atoms with van der Waals surface area (Å²) in [6, 6.07) is 0. The van der Waals surface area contributed by atoms with Crippen LogP contribution in [0, 0.1) is 0 Å². The van der Waals surface area contributed by atoms with Gasteiger partial charge in [0.25, 0.3) is 0 Å². The van der Waals surface area contributed by atoms with Crippen LogP contribution in [0.1, 0.15) is 19.8 Å². The number of rotatable bonds is 2. The number of hydrogen-bond acceptors (Lipinski definition) is 3. The summed E-state index contributed by atoms with van der Waals surface area (Å²) in [5, 5.41) is 3.17. The van der Waals surface area contributed by atoms with Crippen molar-refractivity contribution in [1.29, 1.82) is 0 Å². The molecule has 0 aromatic carbocycles. The molecule has 1 amide bonds. The van der Waals surface area contributed by atoms with Gasteiger partial charge < -0.3 is 9.64 Å². The second kappa shape index (κ2) is 4.07. The van der Waals surface area contributed by atoms with Crippen molar-refractivity contribution in [3.8, 4) is 0 Å². The van der Waals surface area contributed by atoms with E-state index >= 15 is 0 Å². The number of likely N-dealkylation sites (tertiary alicyclic amines) is 1.